The maximum absolute atomic E-state index is 5.54. The molecule has 2 N–H and O–H groups in total. The average molecular weight is 265 g/mol. The lowest BCUT2D eigenvalue weighted by Crippen LogP contribution is -1.92. The molecule has 2 rings (SSSR count). The summed E-state index contributed by atoms with van der Waals surface area (Å²) in [5.41, 5.74) is 5.54. The van der Waals surface area contributed by atoms with Crippen molar-refractivity contribution < 1.29 is 4.74 Å². The third kappa shape index (κ3) is 2.70. The molecule has 0 spiro atoms. The standard InChI is InChI=1S/C11H9BrN2O/c12-8-3-1-4-9(7-8)15-11-6-2-5-10(13)14-11/h1-7H,(H2,13,14). The van der Waals surface area contributed by atoms with E-state index >= 15 is 0 Å². The molecule has 1 aromatic carbocycles. The van der Waals surface area contributed by atoms with Crippen LogP contribution < -0.4 is 10.5 Å². The number of aromatic nitrogens is 1. The van der Waals surface area contributed by atoms with Crippen LogP contribution in [0.15, 0.2) is 46.9 Å². The summed E-state index contributed by atoms with van der Waals surface area (Å²) in [5.74, 6) is 1.66. The monoisotopic (exact) mass is 264 g/mol. The van der Waals surface area contributed by atoms with Gasteiger partial charge in [-0.2, -0.15) is 4.98 Å². The van der Waals surface area contributed by atoms with E-state index in [0.29, 0.717) is 11.7 Å². The molecule has 0 radical (unpaired) electrons. The van der Waals surface area contributed by atoms with Gasteiger partial charge in [0.1, 0.15) is 11.6 Å². The van der Waals surface area contributed by atoms with E-state index in [-0.39, 0.29) is 0 Å². The highest BCUT2D eigenvalue weighted by Gasteiger charge is 1.98. The number of nitrogens with two attached hydrogens (primary N) is 1. The van der Waals surface area contributed by atoms with Gasteiger partial charge in [0.05, 0.1) is 0 Å². The summed E-state index contributed by atoms with van der Waals surface area (Å²) in [4.78, 5) is 4.04. The van der Waals surface area contributed by atoms with E-state index < -0.39 is 0 Å². The predicted molar refractivity (Wildman–Crippen MR) is 62.9 cm³/mol. The predicted octanol–water partition coefficient (Wildman–Crippen LogP) is 3.22. The van der Waals surface area contributed by atoms with Crippen LogP contribution in [0.3, 0.4) is 0 Å². The van der Waals surface area contributed by atoms with Crippen molar-refractivity contribution in [2.24, 2.45) is 0 Å². The Balaban J connectivity index is 2.22. The number of pyridine rings is 1. The van der Waals surface area contributed by atoms with Gasteiger partial charge in [-0.05, 0) is 24.3 Å². The highest BCUT2D eigenvalue weighted by molar-refractivity contribution is 9.10. The van der Waals surface area contributed by atoms with Crippen LogP contribution in [0.2, 0.25) is 0 Å². The number of nitrogens with zero attached hydrogens (tertiary/aromatic N) is 1. The van der Waals surface area contributed by atoms with Crippen LogP contribution in [0.5, 0.6) is 11.6 Å². The van der Waals surface area contributed by atoms with Crippen LogP contribution in [0.25, 0.3) is 0 Å². The topological polar surface area (TPSA) is 48.1 Å². The zero-order valence-corrected chi connectivity index (χ0v) is 9.44. The highest BCUT2D eigenvalue weighted by Crippen LogP contribution is 2.23. The van der Waals surface area contributed by atoms with Gasteiger partial charge in [0.25, 0.3) is 0 Å². The van der Waals surface area contributed by atoms with Crippen molar-refractivity contribution in [2.75, 3.05) is 5.73 Å². The van der Waals surface area contributed by atoms with E-state index in [4.69, 9.17) is 10.5 Å². The molecule has 76 valence electrons. The van der Waals surface area contributed by atoms with Crippen LogP contribution in [0.1, 0.15) is 0 Å². The van der Waals surface area contributed by atoms with Crippen molar-refractivity contribution in [1.82, 2.24) is 4.98 Å². The van der Waals surface area contributed by atoms with Crippen LogP contribution in [-0.2, 0) is 0 Å². The van der Waals surface area contributed by atoms with Gasteiger partial charge in [-0.3, -0.25) is 0 Å². The molecule has 2 aromatic rings. The number of hydrogen-bond donors (Lipinski definition) is 1. The fraction of sp³-hybridized carbons (Fsp3) is 0. The Morgan fingerprint density at radius 3 is 2.67 bits per heavy atom. The molecule has 0 atom stereocenters. The van der Waals surface area contributed by atoms with Crippen molar-refractivity contribution in [2.45, 2.75) is 0 Å². The molecule has 0 bridgehead atoms. The fourth-order valence-corrected chi connectivity index (χ4v) is 1.52. The number of ether oxygens (including phenoxy) is 1. The first-order valence-corrected chi connectivity index (χ1v) is 5.19. The maximum Gasteiger partial charge on any atom is 0.221 e. The van der Waals surface area contributed by atoms with E-state index in [9.17, 15) is 0 Å². The van der Waals surface area contributed by atoms with Gasteiger partial charge in [-0.25, -0.2) is 0 Å². The van der Waals surface area contributed by atoms with E-state index in [1.54, 1.807) is 18.2 Å². The molecule has 0 aliphatic heterocycles. The van der Waals surface area contributed by atoms with Crippen molar-refractivity contribution in [1.29, 1.82) is 0 Å². The molecule has 0 fully saturated rings. The first-order valence-electron chi connectivity index (χ1n) is 4.40. The summed E-state index contributed by atoms with van der Waals surface area (Å²) in [5, 5.41) is 0. The third-order valence-corrected chi connectivity index (χ3v) is 2.26. The first-order chi connectivity index (χ1) is 7.24. The van der Waals surface area contributed by atoms with Crippen molar-refractivity contribution in [3.05, 3.63) is 46.9 Å². The van der Waals surface area contributed by atoms with Crippen LogP contribution >= 0.6 is 15.9 Å². The number of hydrogen-bond acceptors (Lipinski definition) is 3. The number of rotatable bonds is 2. The first kappa shape index (κ1) is 9.98. The fourth-order valence-electron chi connectivity index (χ4n) is 1.14. The summed E-state index contributed by atoms with van der Waals surface area (Å²) in [6.45, 7) is 0. The Morgan fingerprint density at radius 2 is 1.93 bits per heavy atom. The van der Waals surface area contributed by atoms with Crippen LogP contribution in [0.4, 0.5) is 5.82 Å². The Morgan fingerprint density at radius 1 is 1.13 bits per heavy atom. The zero-order chi connectivity index (χ0) is 10.7. The quantitative estimate of drug-likeness (QED) is 0.906. The molecule has 0 aliphatic carbocycles. The minimum absolute atomic E-state index is 0.447. The van der Waals surface area contributed by atoms with E-state index in [0.717, 1.165) is 10.2 Å². The van der Waals surface area contributed by atoms with Gasteiger partial charge >= 0.3 is 0 Å². The second-order valence-corrected chi connectivity index (χ2v) is 3.88. The normalized spacial score (nSPS) is 9.93. The molecule has 3 nitrogen and oxygen atoms in total. The molecule has 1 heterocycles. The average Bonchev–Trinajstić information content (AvgIpc) is 2.17. The van der Waals surface area contributed by atoms with Crippen LogP contribution in [-0.4, -0.2) is 4.98 Å². The lowest BCUT2D eigenvalue weighted by atomic mass is 10.3. The van der Waals surface area contributed by atoms with E-state index in [1.165, 1.54) is 0 Å². The van der Waals surface area contributed by atoms with Crippen LogP contribution in [0, 0.1) is 0 Å². The van der Waals surface area contributed by atoms with Crippen molar-refractivity contribution in [3.8, 4) is 11.6 Å². The molecular formula is C11H9BrN2O. The molecule has 1 aromatic heterocycles. The SMILES string of the molecule is Nc1cccc(Oc2cccc(Br)c2)n1. The largest absolute Gasteiger partial charge is 0.439 e. The number of anilines is 1. The Labute approximate surface area is 96.0 Å². The van der Waals surface area contributed by atoms with E-state index in [2.05, 4.69) is 20.9 Å². The van der Waals surface area contributed by atoms with Gasteiger partial charge in [-0.15, -0.1) is 0 Å². The van der Waals surface area contributed by atoms with Crippen molar-refractivity contribution in [3.63, 3.8) is 0 Å². The summed E-state index contributed by atoms with van der Waals surface area (Å²) in [6, 6.07) is 12.8. The second kappa shape index (κ2) is 4.31. The Hall–Kier alpha value is -1.55. The molecular weight excluding hydrogens is 256 g/mol. The lowest BCUT2D eigenvalue weighted by molar-refractivity contribution is 0.463. The van der Waals surface area contributed by atoms with E-state index in [1.807, 2.05) is 24.3 Å². The molecule has 0 unspecified atom stereocenters. The molecule has 15 heavy (non-hydrogen) atoms. The summed E-state index contributed by atoms with van der Waals surface area (Å²) in [7, 11) is 0. The van der Waals surface area contributed by atoms with Gasteiger partial charge in [-0.1, -0.05) is 28.1 Å². The minimum atomic E-state index is 0.447. The molecule has 4 heteroatoms. The zero-order valence-electron chi connectivity index (χ0n) is 7.85. The number of benzene rings is 1. The highest BCUT2D eigenvalue weighted by atomic mass is 79.9. The van der Waals surface area contributed by atoms with Crippen molar-refractivity contribution >= 4 is 21.7 Å². The summed E-state index contributed by atoms with van der Waals surface area (Å²) in [6.07, 6.45) is 0. The minimum Gasteiger partial charge on any atom is -0.439 e. The van der Waals surface area contributed by atoms with Gasteiger partial charge in [0.2, 0.25) is 5.88 Å². The molecule has 0 aliphatic rings. The van der Waals surface area contributed by atoms with Gasteiger partial charge < -0.3 is 10.5 Å². The third-order valence-electron chi connectivity index (χ3n) is 1.76. The maximum atomic E-state index is 5.54. The number of nitrogen functional groups attached to an aromatic ring is 1. The number of halogens is 1. The summed E-state index contributed by atoms with van der Waals surface area (Å²) >= 11 is 3.36. The Bertz CT molecular complexity index is 430. The second-order valence-electron chi connectivity index (χ2n) is 2.96. The Kier molecular flexibility index (Phi) is 2.87. The molecule has 0 saturated carbocycles. The molecule has 0 amide bonds. The smallest absolute Gasteiger partial charge is 0.221 e. The molecule has 0 saturated heterocycles. The lowest BCUT2D eigenvalue weighted by Gasteiger charge is -2.04. The summed E-state index contributed by atoms with van der Waals surface area (Å²) < 4.78 is 6.48. The van der Waals surface area contributed by atoms with Gasteiger partial charge in [0.15, 0.2) is 0 Å². The van der Waals surface area contributed by atoms with Gasteiger partial charge in [0, 0.05) is 10.5 Å².